The highest BCUT2D eigenvalue weighted by Gasteiger charge is 2.37. The number of likely N-dealkylation sites (tertiary alicyclic amines) is 1. The Bertz CT molecular complexity index is 791. The lowest BCUT2D eigenvalue weighted by atomic mass is 9.94. The molecule has 0 aliphatic carbocycles. The second-order valence-corrected chi connectivity index (χ2v) is 9.01. The zero-order valence-electron chi connectivity index (χ0n) is 16.8. The van der Waals surface area contributed by atoms with Crippen molar-refractivity contribution in [2.45, 2.75) is 37.3 Å². The van der Waals surface area contributed by atoms with Crippen LogP contribution >= 0.6 is 49.0 Å². The molecule has 30 heavy (non-hydrogen) atoms. The Kier molecular flexibility index (Phi) is 9.58. The van der Waals surface area contributed by atoms with Crippen molar-refractivity contribution in [2.24, 2.45) is 0 Å². The number of piperidine rings is 1. The maximum atomic E-state index is 12.6. The molecule has 3 fully saturated rings. The minimum absolute atomic E-state index is 0. The number of halogens is 3. The van der Waals surface area contributed by atoms with Gasteiger partial charge in [0.1, 0.15) is 5.82 Å². The third-order valence-electron chi connectivity index (χ3n) is 6.31. The number of hydrogen-bond donors (Lipinski definition) is 2. The van der Waals surface area contributed by atoms with Crippen LogP contribution in [0.5, 0.6) is 0 Å². The van der Waals surface area contributed by atoms with Crippen molar-refractivity contribution in [3.05, 3.63) is 30.1 Å². The number of hydrogen-bond acceptors (Lipinski definition) is 5. The summed E-state index contributed by atoms with van der Waals surface area (Å²) in [6.07, 6.45) is 3.23. The molecule has 0 spiro atoms. The minimum atomic E-state index is 0. The molecule has 0 unspecified atom stereocenters. The first-order valence-corrected chi connectivity index (χ1v) is 11.2. The Morgan fingerprint density at radius 3 is 2.57 bits per heavy atom. The molecule has 6 nitrogen and oxygen atoms in total. The van der Waals surface area contributed by atoms with Crippen LogP contribution in [0.1, 0.15) is 31.0 Å². The van der Waals surface area contributed by atoms with Gasteiger partial charge >= 0.3 is 0 Å². The normalized spacial score (nSPS) is 24.9. The second-order valence-electron chi connectivity index (χ2n) is 7.94. The predicted octanol–water partition coefficient (Wildman–Crippen LogP) is 3.27. The van der Waals surface area contributed by atoms with Crippen molar-refractivity contribution in [1.29, 1.82) is 0 Å². The molecule has 1 aromatic carbocycles. The fourth-order valence-electron chi connectivity index (χ4n) is 4.70. The number of thioether (sulfide) groups is 1. The molecule has 2 aromatic rings. The number of aromatic amines is 1. The number of nitrogens with one attached hydrogen (secondary N) is 2. The molecule has 5 rings (SSSR count). The summed E-state index contributed by atoms with van der Waals surface area (Å²) in [6, 6.07) is 8.78. The molecular weight excluding hydrogens is 465 g/mol. The van der Waals surface area contributed by atoms with Crippen molar-refractivity contribution < 1.29 is 4.79 Å². The van der Waals surface area contributed by atoms with Gasteiger partial charge in [-0.15, -0.1) is 49.0 Å². The van der Waals surface area contributed by atoms with Gasteiger partial charge in [-0.25, -0.2) is 4.98 Å². The maximum absolute atomic E-state index is 12.6. The van der Waals surface area contributed by atoms with Crippen LogP contribution in [-0.2, 0) is 4.79 Å². The van der Waals surface area contributed by atoms with E-state index < -0.39 is 0 Å². The fourth-order valence-corrected chi connectivity index (χ4v) is 5.65. The van der Waals surface area contributed by atoms with Crippen LogP contribution in [0.15, 0.2) is 24.3 Å². The van der Waals surface area contributed by atoms with Gasteiger partial charge in [-0.2, -0.15) is 0 Å². The second kappa shape index (κ2) is 11.2. The van der Waals surface area contributed by atoms with Crippen LogP contribution in [0.3, 0.4) is 0 Å². The Morgan fingerprint density at radius 1 is 1.10 bits per heavy atom. The smallest absolute Gasteiger partial charge is 0.240 e. The number of carbonyl (C=O) groups excluding carboxylic acids is 1. The molecule has 2 atom stereocenters. The third kappa shape index (κ3) is 5.19. The van der Waals surface area contributed by atoms with Gasteiger partial charge in [-0.1, -0.05) is 12.1 Å². The number of fused-ring (bicyclic) bond motifs is 1. The zero-order valence-corrected chi connectivity index (χ0v) is 20.1. The molecule has 3 saturated heterocycles. The van der Waals surface area contributed by atoms with E-state index in [1.165, 1.54) is 0 Å². The van der Waals surface area contributed by atoms with E-state index in [0.717, 1.165) is 73.9 Å². The van der Waals surface area contributed by atoms with Crippen LogP contribution in [0.25, 0.3) is 11.0 Å². The molecule has 168 valence electrons. The lowest BCUT2D eigenvalue weighted by molar-refractivity contribution is -0.131. The van der Waals surface area contributed by atoms with E-state index in [-0.39, 0.29) is 43.3 Å². The van der Waals surface area contributed by atoms with Gasteiger partial charge in [0.25, 0.3) is 0 Å². The highest BCUT2D eigenvalue weighted by atomic mass is 35.5. The number of H-pyrrole nitrogens is 1. The number of rotatable bonds is 3. The van der Waals surface area contributed by atoms with Gasteiger partial charge in [0, 0.05) is 30.8 Å². The summed E-state index contributed by atoms with van der Waals surface area (Å²) >= 11 is 1.86. The number of amides is 1. The lowest BCUT2D eigenvalue weighted by Crippen LogP contribution is -2.42. The van der Waals surface area contributed by atoms with Gasteiger partial charge in [-0.05, 0) is 44.5 Å². The van der Waals surface area contributed by atoms with E-state index in [9.17, 15) is 4.79 Å². The van der Waals surface area contributed by atoms with Crippen LogP contribution in [0, 0.1) is 0 Å². The van der Waals surface area contributed by atoms with E-state index in [0.29, 0.717) is 17.9 Å². The van der Waals surface area contributed by atoms with E-state index in [4.69, 9.17) is 4.98 Å². The van der Waals surface area contributed by atoms with Crippen molar-refractivity contribution in [2.75, 3.05) is 37.8 Å². The first-order chi connectivity index (χ1) is 13.3. The van der Waals surface area contributed by atoms with Crippen LogP contribution in [0.4, 0.5) is 0 Å². The summed E-state index contributed by atoms with van der Waals surface area (Å²) in [4.78, 5) is 25.5. The number of benzene rings is 1. The Hall–Kier alpha value is -0.700. The molecule has 4 heterocycles. The van der Waals surface area contributed by atoms with E-state index in [1.54, 1.807) is 0 Å². The Balaban J connectivity index is 0.00000107. The first-order valence-electron chi connectivity index (χ1n) is 10.1. The number of imidazole rings is 1. The summed E-state index contributed by atoms with van der Waals surface area (Å²) in [6.45, 7) is 4.03. The first kappa shape index (κ1) is 25.6. The largest absolute Gasteiger partial charge is 0.342 e. The van der Waals surface area contributed by atoms with Crippen molar-refractivity contribution in [3.8, 4) is 0 Å². The van der Waals surface area contributed by atoms with Crippen LogP contribution < -0.4 is 5.32 Å². The van der Waals surface area contributed by atoms with Gasteiger partial charge in [0.2, 0.25) is 5.91 Å². The Morgan fingerprint density at radius 2 is 1.87 bits per heavy atom. The number of para-hydroxylation sites is 2. The number of nitrogens with zero attached hydrogens (tertiary/aromatic N) is 3. The van der Waals surface area contributed by atoms with Crippen molar-refractivity contribution in [3.63, 3.8) is 0 Å². The number of aromatic nitrogens is 2. The van der Waals surface area contributed by atoms with E-state index in [2.05, 4.69) is 33.4 Å². The van der Waals surface area contributed by atoms with E-state index >= 15 is 0 Å². The summed E-state index contributed by atoms with van der Waals surface area (Å²) in [5.41, 5.74) is 2.20. The van der Waals surface area contributed by atoms with Crippen LogP contribution in [-0.4, -0.2) is 75.6 Å². The van der Waals surface area contributed by atoms with Crippen molar-refractivity contribution in [1.82, 2.24) is 25.1 Å². The third-order valence-corrected chi connectivity index (χ3v) is 7.28. The minimum Gasteiger partial charge on any atom is -0.342 e. The molecule has 0 bridgehead atoms. The number of carbonyl (C=O) groups is 1. The lowest BCUT2D eigenvalue weighted by Gasteiger charge is -2.35. The molecule has 1 aromatic heterocycles. The van der Waals surface area contributed by atoms with Gasteiger partial charge in [0.05, 0.1) is 23.0 Å². The fraction of sp³-hybridized carbons (Fsp3) is 0.600. The SMILES string of the molecule is Cl.Cl.Cl.O=C([C@@H]1C[C@H](N2CCC(c3nc4ccccc4[nH]3)CC2)CN1)N1CCSC1. The molecule has 3 aliphatic heterocycles. The summed E-state index contributed by atoms with van der Waals surface area (Å²) in [5, 5.41) is 3.48. The standard InChI is InChI=1S/C20H27N5OS.3ClH/c26-20(25-9-10-27-13-25)18-11-15(12-21-18)24-7-5-14(6-8-24)19-22-16-3-1-2-4-17(16)23-19;;;/h1-4,14-15,18,21H,5-13H2,(H,22,23);3*1H/t15-,18-;;;/m0.../s1. The molecular formula is C20H30Cl3N5OS. The Labute approximate surface area is 200 Å². The predicted molar refractivity (Wildman–Crippen MR) is 131 cm³/mol. The van der Waals surface area contributed by atoms with Gasteiger partial charge < -0.3 is 15.2 Å². The van der Waals surface area contributed by atoms with Crippen molar-refractivity contribution >= 4 is 65.9 Å². The summed E-state index contributed by atoms with van der Waals surface area (Å²) in [7, 11) is 0. The molecule has 0 saturated carbocycles. The monoisotopic (exact) mass is 493 g/mol. The maximum Gasteiger partial charge on any atom is 0.240 e. The molecule has 1 amide bonds. The average Bonchev–Trinajstić information content (AvgIpc) is 3.48. The molecule has 3 aliphatic rings. The molecule has 0 radical (unpaired) electrons. The summed E-state index contributed by atoms with van der Waals surface area (Å²) < 4.78 is 0. The van der Waals surface area contributed by atoms with Crippen LogP contribution in [0.2, 0.25) is 0 Å². The zero-order chi connectivity index (χ0) is 18.2. The topological polar surface area (TPSA) is 64.3 Å². The highest BCUT2D eigenvalue weighted by molar-refractivity contribution is 7.99. The average molecular weight is 495 g/mol. The summed E-state index contributed by atoms with van der Waals surface area (Å²) in [5.74, 6) is 3.91. The highest BCUT2D eigenvalue weighted by Crippen LogP contribution is 2.30. The quantitative estimate of drug-likeness (QED) is 0.686. The van der Waals surface area contributed by atoms with E-state index in [1.807, 2.05) is 22.7 Å². The van der Waals surface area contributed by atoms with Gasteiger partial charge in [0.15, 0.2) is 0 Å². The molecule has 2 N–H and O–H groups in total. The molecule has 10 heteroatoms. The van der Waals surface area contributed by atoms with Gasteiger partial charge in [-0.3, -0.25) is 9.69 Å².